The molecule has 2 rings (SSSR count). The Labute approximate surface area is 145 Å². The van der Waals surface area contributed by atoms with Crippen LogP contribution in [0.15, 0.2) is 48.5 Å². The number of hydrogen-bond acceptors (Lipinski definition) is 2. The Morgan fingerprint density at radius 2 is 1.29 bits per heavy atom. The van der Waals surface area contributed by atoms with Crippen LogP contribution in [0, 0.1) is 13.8 Å². The maximum Gasteiger partial charge on any atom is 0.230 e. The molecule has 0 unspecified atom stereocenters. The molecule has 128 valence electrons. The second-order valence-corrected chi connectivity index (χ2v) is 8.80. The van der Waals surface area contributed by atoms with Gasteiger partial charge in [0.25, 0.3) is 0 Å². The maximum absolute atomic E-state index is 14.2. The molecule has 4 heteroatoms. The summed E-state index contributed by atoms with van der Waals surface area (Å²) in [4.78, 5) is 14.5. The first-order chi connectivity index (χ1) is 11.4. The lowest BCUT2D eigenvalue weighted by Crippen LogP contribution is -2.36. The van der Waals surface area contributed by atoms with Crippen molar-refractivity contribution >= 4 is 23.7 Å². The summed E-state index contributed by atoms with van der Waals surface area (Å²) in [6.07, 6.45) is 0.0460. The molecular weight excluding hydrogens is 317 g/mol. The Hall–Kier alpha value is -1.86. The second kappa shape index (κ2) is 7.81. The molecule has 1 amide bonds. The van der Waals surface area contributed by atoms with Crippen molar-refractivity contribution in [1.29, 1.82) is 0 Å². The van der Waals surface area contributed by atoms with Crippen LogP contribution in [0.2, 0.25) is 0 Å². The van der Waals surface area contributed by atoms with Crippen LogP contribution in [0.1, 0.15) is 25.0 Å². The summed E-state index contributed by atoms with van der Waals surface area (Å²) in [5, 5.41) is 1.58. The number of hydrogen-bond donors (Lipinski definition) is 0. The van der Waals surface area contributed by atoms with Crippen LogP contribution in [-0.2, 0) is 9.36 Å². The van der Waals surface area contributed by atoms with Crippen molar-refractivity contribution in [2.45, 2.75) is 27.7 Å². The number of carbonyl (C=O) groups excluding carboxylic acids is 1. The van der Waals surface area contributed by atoms with E-state index < -0.39 is 7.14 Å². The van der Waals surface area contributed by atoms with E-state index in [2.05, 4.69) is 0 Å². The molecule has 0 N–H and O–H groups in total. The van der Waals surface area contributed by atoms with Crippen LogP contribution in [0.3, 0.4) is 0 Å². The van der Waals surface area contributed by atoms with Crippen molar-refractivity contribution in [3.63, 3.8) is 0 Å². The number of benzene rings is 2. The van der Waals surface area contributed by atoms with E-state index >= 15 is 0 Å². The van der Waals surface area contributed by atoms with E-state index in [0.717, 1.165) is 21.7 Å². The first-order valence-electron chi connectivity index (χ1n) is 8.43. The molecule has 0 aliphatic heterocycles. The predicted molar refractivity (Wildman–Crippen MR) is 102 cm³/mol. The summed E-state index contributed by atoms with van der Waals surface area (Å²) >= 11 is 0. The third kappa shape index (κ3) is 3.62. The van der Waals surface area contributed by atoms with Crippen molar-refractivity contribution in [1.82, 2.24) is 4.90 Å². The van der Waals surface area contributed by atoms with Crippen molar-refractivity contribution < 1.29 is 9.36 Å². The zero-order valence-corrected chi connectivity index (χ0v) is 15.8. The molecule has 0 spiro atoms. The summed E-state index contributed by atoms with van der Waals surface area (Å²) in [6, 6.07) is 15.4. The van der Waals surface area contributed by atoms with Crippen LogP contribution < -0.4 is 10.6 Å². The number of amides is 1. The molecular formula is C20H26NO2P. The smallest absolute Gasteiger partial charge is 0.230 e. The van der Waals surface area contributed by atoms with Gasteiger partial charge in [-0.05, 0) is 38.8 Å². The van der Waals surface area contributed by atoms with Crippen molar-refractivity contribution in [3.05, 3.63) is 59.7 Å². The van der Waals surface area contributed by atoms with Crippen molar-refractivity contribution in [2.24, 2.45) is 0 Å². The van der Waals surface area contributed by atoms with Crippen molar-refractivity contribution in [3.8, 4) is 0 Å². The number of rotatable bonds is 6. The van der Waals surface area contributed by atoms with E-state index in [4.69, 9.17) is 0 Å². The van der Waals surface area contributed by atoms with Crippen molar-refractivity contribution in [2.75, 3.05) is 19.3 Å². The fraction of sp³-hybridized carbons (Fsp3) is 0.350. The average molecular weight is 343 g/mol. The van der Waals surface area contributed by atoms with Gasteiger partial charge in [0.05, 0.1) is 6.16 Å². The topological polar surface area (TPSA) is 37.4 Å². The number of aryl methyl sites for hydroxylation is 2. The molecule has 0 aromatic heterocycles. The Morgan fingerprint density at radius 1 is 0.875 bits per heavy atom. The highest BCUT2D eigenvalue weighted by molar-refractivity contribution is 7.79. The molecule has 0 saturated carbocycles. The lowest BCUT2D eigenvalue weighted by molar-refractivity contribution is -0.128. The number of carbonyl (C=O) groups is 1. The highest BCUT2D eigenvalue weighted by Gasteiger charge is 2.33. The molecule has 2 aromatic rings. The Balaban J connectivity index is 2.59. The molecule has 3 nitrogen and oxygen atoms in total. The van der Waals surface area contributed by atoms with Crippen LogP contribution in [0.5, 0.6) is 0 Å². The first-order valence-corrected chi connectivity index (χ1v) is 10.3. The van der Waals surface area contributed by atoms with Gasteiger partial charge in [0.2, 0.25) is 5.91 Å². The lowest BCUT2D eigenvalue weighted by Gasteiger charge is -2.26. The van der Waals surface area contributed by atoms with Gasteiger partial charge in [0.1, 0.15) is 0 Å². The Kier molecular flexibility index (Phi) is 6.01. The first kappa shape index (κ1) is 18.5. The van der Waals surface area contributed by atoms with E-state index in [1.165, 1.54) is 0 Å². The van der Waals surface area contributed by atoms with E-state index in [0.29, 0.717) is 13.1 Å². The summed E-state index contributed by atoms with van der Waals surface area (Å²) in [5.74, 6) is -0.0464. The van der Waals surface area contributed by atoms with Gasteiger partial charge in [0, 0.05) is 23.7 Å². The van der Waals surface area contributed by atoms with E-state index in [1.807, 2.05) is 76.2 Å². The standard InChI is InChI=1S/C20H26NO2P/c1-5-21(6-2)20(22)15-24(23,18-13-9-7-11-16(18)3)19-14-10-8-12-17(19)4/h7-14H,5-6,15H2,1-4H3. The SMILES string of the molecule is CCN(CC)C(=O)CP(=O)(c1ccccc1C)c1ccccc1C. The maximum atomic E-state index is 14.2. The molecule has 0 fully saturated rings. The minimum atomic E-state index is -3.03. The highest BCUT2D eigenvalue weighted by atomic mass is 31.2. The predicted octanol–water partition coefficient (Wildman–Crippen LogP) is 3.49. The Morgan fingerprint density at radius 3 is 1.67 bits per heavy atom. The van der Waals surface area contributed by atoms with Gasteiger partial charge in [-0.1, -0.05) is 48.5 Å². The molecule has 0 aliphatic rings. The minimum absolute atomic E-state index is 0.0460. The zero-order valence-electron chi connectivity index (χ0n) is 15.0. The molecule has 0 radical (unpaired) electrons. The molecule has 24 heavy (non-hydrogen) atoms. The zero-order chi connectivity index (χ0) is 17.7. The van der Waals surface area contributed by atoms with Gasteiger partial charge in [0.15, 0.2) is 7.14 Å². The molecule has 0 aliphatic carbocycles. The van der Waals surface area contributed by atoms with Crippen LogP contribution >= 0.6 is 7.14 Å². The van der Waals surface area contributed by atoms with Crippen LogP contribution in [0.25, 0.3) is 0 Å². The van der Waals surface area contributed by atoms with E-state index in [-0.39, 0.29) is 12.1 Å². The number of nitrogens with zero attached hydrogens (tertiary/aromatic N) is 1. The van der Waals surface area contributed by atoms with Gasteiger partial charge in [-0.25, -0.2) is 0 Å². The van der Waals surface area contributed by atoms with Gasteiger partial charge in [-0.3, -0.25) is 4.79 Å². The van der Waals surface area contributed by atoms with Gasteiger partial charge >= 0.3 is 0 Å². The quantitative estimate of drug-likeness (QED) is 0.753. The van der Waals surface area contributed by atoms with Crippen LogP contribution in [-0.4, -0.2) is 30.1 Å². The molecule has 0 heterocycles. The summed E-state index contributed by atoms with van der Waals surface area (Å²) in [7, 11) is -3.03. The van der Waals surface area contributed by atoms with Gasteiger partial charge in [-0.15, -0.1) is 0 Å². The summed E-state index contributed by atoms with van der Waals surface area (Å²) < 4.78 is 14.2. The molecule has 0 atom stereocenters. The summed E-state index contributed by atoms with van der Waals surface area (Å²) in [6.45, 7) is 9.10. The fourth-order valence-electron chi connectivity index (χ4n) is 3.10. The fourth-order valence-corrected chi connectivity index (χ4v) is 6.23. The summed E-state index contributed by atoms with van der Waals surface area (Å²) in [5.41, 5.74) is 1.94. The van der Waals surface area contributed by atoms with E-state index in [1.54, 1.807) is 4.90 Å². The monoisotopic (exact) mass is 343 g/mol. The van der Waals surface area contributed by atoms with Crippen LogP contribution in [0.4, 0.5) is 0 Å². The third-order valence-electron chi connectivity index (χ3n) is 4.48. The molecule has 0 bridgehead atoms. The van der Waals surface area contributed by atoms with Gasteiger partial charge in [-0.2, -0.15) is 0 Å². The van der Waals surface area contributed by atoms with Gasteiger partial charge < -0.3 is 9.46 Å². The minimum Gasteiger partial charge on any atom is -0.343 e. The largest absolute Gasteiger partial charge is 0.343 e. The third-order valence-corrected chi connectivity index (χ3v) is 7.76. The average Bonchev–Trinajstić information content (AvgIpc) is 2.56. The highest BCUT2D eigenvalue weighted by Crippen LogP contribution is 2.45. The Bertz CT molecular complexity index is 716. The normalized spacial score (nSPS) is 11.3. The van der Waals surface area contributed by atoms with E-state index in [9.17, 15) is 9.36 Å². The molecule has 2 aromatic carbocycles. The molecule has 0 saturated heterocycles. The lowest BCUT2D eigenvalue weighted by atomic mass is 10.2. The second-order valence-electron chi connectivity index (χ2n) is 6.04.